The summed E-state index contributed by atoms with van der Waals surface area (Å²) in [6.07, 6.45) is -1.83. The van der Waals surface area contributed by atoms with Crippen molar-refractivity contribution in [1.82, 2.24) is 14.8 Å². The first-order valence-corrected chi connectivity index (χ1v) is 10.5. The van der Waals surface area contributed by atoms with Crippen molar-refractivity contribution in [3.8, 4) is 0 Å². The summed E-state index contributed by atoms with van der Waals surface area (Å²) in [7, 11) is 5.91. The molecule has 2 rings (SSSR count). The molecule has 0 spiro atoms. The van der Waals surface area contributed by atoms with Crippen molar-refractivity contribution < 1.29 is 39.6 Å². The van der Waals surface area contributed by atoms with Crippen LogP contribution in [0.15, 0.2) is 18.2 Å². The van der Waals surface area contributed by atoms with Gasteiger partial charge in [-0.25, -0.2) is 4.79 Å². The number of carboxylic acids is 3. The molecule has 1 aromatic carbocycles. The van der Waals surface area contributed by atoms with Crippen LogP contribution in [0.25, 0.3) is 10.9 Å². The van der Waals surface area contributed by atoms with Crippen molar-refractivity contribution >= 4 is 34.7 Å². The van der Waals surface area contributed by atoms with Crippen molar-refractivity contribution in [2.75, 3.05) is 34.2 Å². The van der Waals surface area contributed by atoms with Gasteiger partial charge in [-0.2, -0.15) is 0 Å². The molecule has 0 atom stereocenters. The molecule has 5 N–H and O–H groups in total. The highest BCUT2D eigenvalue weighted by atomic mass is 16.4. The summed E-state index contributed by atoms with van der Waals surface area (Å²) < 4.78 is 0. The zero-order valence-electron chi connectivity index (χ0n) is 20.1. The fourth-order valence-corrected chi connectivity index (χ4v) is 3.20. The van der Waals surface area contributed by atoms with E-state index >= 15 is 0 Å². The average Bonchev–Trinajstić information content (AvgIpc) is 2.99. The Morgan fingerprint density at radius 1 is 0.941 bits per heavy atom. The van der Waals surface area contributed by atoms with Crippen molar-refractivity contribution in [1.29, 1.82) is 0 Å². The maximum absolute atomic E-state index is 12.4. The molecule has 0 saturated carbocycles. The molecule has 0 unspecified atom stereocenters. The summed E-state index contributed by atoms with van der Waals surface area (Å²) in [4.78, 5) is 50.2. The van der Waals surface area contributed by atoms with E-state index in [1.54, 1.807) is 0 Å². The normalized spacial score (nSPS) is 11.1. The summed E-state index contributed by atoms with van der Waals surface area (Å²) >= 11 is 0. The Kier molecular flexibility index (Phi) is 10.2. The Bertz CT molecular complexity index is 1030. The van der Waals surface area contributed by atoms with Gasteiger partial charge in [0.2, 0.25) is 5.91 Å². The van der Waals surface area contributed by atoms with Gasteiger partial charge in [0, 0.05) is 36.7 Å². The van der Waals surface area contributed by atoms with E-state index in [4.69, 9.17) is 20.4 Å². The number of carboxylic acid groups (broad SMARTS) is 3. The van der Waals surface area contributed by atoms with Crippen molar-refractivity contribution in [3.63, 3.8) is 0 Å². The Hall–Kier alpha value is -3.44. The maximum atomic E-state index is 12.4. The van der Waals surface area contributed by atoms with E-state index in [0.29, 0.717) is 6.42 Å². The van der Waals surface area contributed by atoms with Crippen molar-refractivity contribution in [2.45, 2.75) is 38.7 Å². The number of aliphatic hydroxyl groups is 1. The molecule has 1 aromatic heterocycles. The Morgan fingerprint density at radius 3 is 1.97 bits per heavy atom. The molecule has 2 aromatic rings. The van der Waals surface area contributed by atoms with Gasteiger partial charge in [-0.15, -0.1) is 0 Å². The van der Waals surface area contributed by atoms with E-state index in [2.05, 4.69) is 35.0 Å². The van der Waals surface area contributed by atoms with Crippen LogP contribution in [0.3, 0.4) is 0 Å². The Labute approximate surface area is 197 Å². The summed E-state index contributed by atoms with van der Waals surface area (Å²) in [5.74, 6) is -4.85. The number of fused-ring (bicyclic) bond motifs is 1. The topological polar surface area (TPSA) is 171 Å². The number of aliphatic carboxylic acids is 3. The lowest BCUT2D eigenvalue weighted by molar-refractivity contribution is -0.170. The third-order valence-electron chi connectivity index (χ3n) is 5.20. The number of hydrogen-bond donors (Lipinski definition) is 5. The molecule has 11 nitrogen and oxygen atoms in total. The van der Waals surface area contributed by atoms with Gasteiger partial charge in [-0.1, -0.05) is 11.6 Å². The molecule has 1 heterocycles. The van der Waals surface area contributed by atoms with Gasteiger partial charge in [0.05, 0.1) is 19.3 Å². The van der Waals surface area contributed by atoms with Gasteiger partial charge in [0.25, 0.3) is 0 Å². The molecule has 188 valence electrons. The van der Waals surface area contributed by atoms with Crippen LogP contribution in [-0.2, 0) is 25.6 Å². The summed E-state index contributed by atoms with van der Waals surface area (Å²) in [6, 6.07) is 6.33. The van der Waals surface area contributed by atoms with Crippen LogP contribution >= 0.6 is 0 Å². The lowest BCUT2D eigenvalue weighted by atomic mass is 9.96. The second kappa shape index (κ2) is 12.1. The lowest BCUT2D eigenvalue weighted by Crippen LogP contribution is -2.42. The van der Waals surface area contributed by atoms with Crippen LogP contribution < -0.4 is 0 Å². The van der Waals surface area contributed by atoms with Gasteiger partial charge >= 0.3 is 17.9 Å². The average molecular weight is 480 g/mol. The van der Waals surface area contributed by atoms with E-state index < -0.39 is 36.4 Å². The molecular formula is C23H33N3O8. The van der Waals surface area contributed by atoms with Crippen LogP contribution in [-0.4, -0.2) is 98.9 Å². The number of likely N-dealkylation sites (N-methyl/N-ethyl adjacent to an activating group) is 2. The molecule has 0 aliphatic carbocycles. The third kappa shape index (κ3) is 8.49. The second-order valence-electron chi connectivity index (χ2n) is 8.55. The van der Waals surface area contributed by atoms with Crippen LogP contribution in [0, 0.1) is 13.8 Å². The summed E-state index contributed by atoms with van der Waals surface area (Å²) in [5.41, 5.74) is 1.80. The standard InChI is InChI=1S/C17H25N3O.C6H8O7/c1-12-6-7-16-15(10-12)14(13(2)18-16)11-17(21)20(5)9-8-19(3)4;7-3(8)1-6(13,5(11)12)2-4(9)10/h6-7,10,18H,8-9,11H2,1-5H3;13H,1-2H2,(H,7,8)(H,9,10)(H,11,12). The molecule has 0 bridgehead atoms. The Balaban J connectivity index is 0.000000385. The van der Waals surface area contributed by atoms with E-state index in [1.165, 1.54) is 10.9 Å². The quantitative estimate of drug-likeness (QED) is 0.334. The number of aromatic nitrogens is 1. The zero-order valence-corrected chi connectivity index (χ0v) is 20.1. The number of nitrogens with one attached hydrogen (secondary N) is 1. The lowest BCUT2D eigenvalue weighted by Gasteiger charge is -2.19. The number of rotatable bonds is 10. The van der Waals surface area contributed by atoms with Crippen LogP contribution in [0.5, 0.6) is 0 Å². The smallest absolute Gasteiger partial charge is 0.336 e. The second-order valence-corrected chi connectivity index (χ2v) is 8.55. The largest absolute Gasteiger partial charge is 0.481 e. The minimum Gasteiger partial charge on any atom is -0.481 e. The monoisotopic (exact) mass is 479 g/mol. The maximum Gasteiger partial charge on any atom is 0.336 e. The number of hydrogen-bond acceptors (Lipinski definition) is 6. The van der Waals surface area contributed by atoms with Gasteiger partial charge < -0.3 is 35.2 Å². The number of amides is 1. The highest BCUT2D eigenvalue weighted by molar-refractivity contribution is 5.90. The van der Waals surface area contributed by atoms with E-state index in [0.717, 1.165) is 29.9 Å². The van der Waals surface area contributed by atoms with Gasteiger partial charge in [-0.3, -0.25) is 14.4 Å². The first-order valence-electron chi connectivity index (χ1n) is 10.5. The first-order chi connectivity index (χ1) is 15.7. The number of aromatic amines is 1. The van der Waals surface area contributed by atoms with E-state index in [9.17, 15) is 19.2 Å². The fourth-order valence-electron chi connectivity index (χ4n) is 3.20. The number of H-pyrrole nitrogens is 1. The molecule has 0 fully saturated rings. The summed E-state index contributed by atoms with van der Waals surface area (Å²) in [5, 5.41) is 35.0. The molecule has 0 aliphatic heterocycles. The van der Waals surface area contributed by atoms with E-state index in [1.807, 2.05) is 33.0 Å². The number of nitrogens with zero attached hydrogens (tertiary/aromatic N) is 2. The van der Waals surface area contributed by atoms with Gasteiger partial charge in [0.15, 0.2) is 5.60 Å². The number of benzene rings is 1. The fraction of sp³-hybridized carbons (Fsp3) is 0.478. The molecule has 0 radical (unpaired) electrons. The molecule has 1 amide bonds. The van der Waals surface area contributed by atoms with Gasteiger partial charge in [-0.05, 0) is 45.6 Å². The molecular weight excluding hydrogens is 446 g/mol. The van der Waals surface area contributed by atoms with Crippen LogP contribution in [0.2, 0.25) is 0 Å². The highest BCUT2D eigenvalue weighted by Crippen LogP contribution is 2.24. The number of carbonyl (C=O) groups excluding carboxylic acids is 1. The molecule has 0 aliphatic rings. The van der Waals surface area contributed by atoms with E-state index in [-0.39, 0.29) is 5.91 Å². The zero-order chi connectivity index (χ0) is 26.2. The highest BCUT2D eigenvalue weighted by Gasteiger charge is 2.40. The predicted octanol–water partition coefficient (Wildman–Crippen LogP) is 1.10. The van der Waals surface area contributed by atoms with Crippen molar-refractivity contribution in [2.24, 2.45) is 0 Å². The third-order valence-corrected chi connectivity index (χ3v) is 5.20. The number of carbonyl (C=O) groups is 4. The van der Waals surface area contributed by atoms with Crippen LogP contribution in [0.4, 0.5) is 0 Å². The minimum atomic E-state index is -2.74. The number of aryl methyl sites for hydroxylation is 2. The Morgan fingerprint density at radius 2 is 1.50 bits per heavy atom. The van der Waals surface area contributed by atoms with Crippen molar-refractivity contribution in [3.05, 3.63) is 35.0 Å². The SMILES string of the molecule is Cc1ccc2[nH]c(C)c(CC(=O)N(C)CCN(C)C)c2c1.O=C(O)CC(O)(CC(=O)O)C(=O)O. The predicted molar refractivity (Wildman–Crippen MR) is 125 cm³/mol. The molecule has 34 heavy (non-hydrogen) atoms. The summed E-state index contributed by atoms with van der Waals surface area (Å²) in [6.45, 7) is 5.76. The molecule has 11 heteroatoms. The van der Waals surface area contributed by atoms with Gasteiger partial charge in [0.1, 0.15) is 0 Å². The molecule has 0 saturated heterocycles. The first kappa shape index (κ1) is 28.6. The minimum absolute atomic E-state index is 0.169. The van der Waals surface area contributed by atoms with Crippen LogP contribution in [0.1, 0.15) is 29.7 Å².